The van der Waals surface area contributed by atoms with E-state index in [0.717, 1.165) is 5.69 Å². The summed E-state index contributed by atoms with van der Waals surface area (Å²) in [5.41, 5.74) is 8.28. The van der Waals surface area contributed by atoms with E-state index in [9.17, 15) is 9.59 Å². The predicted octanol–water partition coefficient (Wildman–Crippen LogP) is 0.642. The average molecular weight is 302 g/mol. The quantitative estimate of drug-likeness (QED) is 0.750. The molecule has 0 fully saturated rings. The van der Waals surface area contributed by atoms with Crippen LogP contribution >= 0.6 is 0 Å². The smallest absolute Gasteiger partial charge is 0.246 e. The van der Waals surface area contributed by atoms with Gasteiger partial charge >= 0.3 is 0 Å². The lowest BCUT2D eigenvalue weighted by Gasteiger charge is -2.07. The summed E-state index contributed by atoms with van der Waals surface area (Å²) in [5.74, 6) is -0.363. The Kier molecular flexibility index (Phi) is 4.84. The first kappa shape index (κ1) is 15.6. The van der Waals surface area contributed by atoms with Crippen molar-refractivity contribution in [3.05, 3.63) is 35.7 Å². The van der Waals surface area contributed by atoms with E-state index < -0.39 is 0 Å². The van der Waals surface area contributed by atoms with Crippen LogP contribution < -0.4 is 16.4 Å². The van der Waals surface area contributed by atoms with Gasteiger partial charge in [-0.1, -0.05) is 5.21 Å². The number of amides is 2. The van der Waals surface area contributed by atoms with Crippen LogP contribution in [0.4, 0.5) is 11.4 Å². The fraction of sp³-hybridized carbons (Fsp3) is 0.286. The molecule has 2 rings (SSSR count). The van der Waals surface area contributed by atoms with Crippen molar-refractivity contribution in [3.63, 3.8) is 0 Å². The number of nitrogens with zero attached hydrogens (tertiary/aromatic N) is 3. The van der Waals surface area contributed by atoms with Gasteiger partial charge in [-0.2, -0.15) is 0 Å². The molecule has 22 heavy (non-hydrogen) atoms. The average Bonchev–Trinajstić information content (AvgIpc) is 2.81. The van der Waals surface area contributed by atoms with Gasteiger partial charge in [-0.15, -0.1) is 5.10 Å². The van der Waals surface area contributed by atoms with Gasteiger partial charge in [0.1, 0.15) is 6.54 Å². The number of hydrogen-bond donors (Lipinski definition) is 3. The maximum Gasteiger partial charge on any atom is 0.246 e. The van der Waals surface area contributed by atoms with Crippen molar-refractivity contribution in [2.24, 2.45) is 5.73 Å². The summed E-state index contributed by atoms with van der Waals surface area (Å²) in [7, 11) is 0. The normalized spacial score (nSPS) is 10.3. The Morgan fingerprint density at radius 1 is 1.18 bits per heavy atom. The summed E-state index contributed by atoms with van der Waals surface area (Å²) in [6.07, 6.45) is 0. The molecule has 2 aromatic rings. The number of hydrogen-bond acceptors (Lipinski definition) is 5. The Labute approximate surface area is 127 Å². The molecule has 116 valence electrons. The lowest BCUT2D eigenvalue weighted by atomic mass is 10.2. The number of anilines is 2. The molecule has 1 heterocycles. The zero-order chi connectivity index (χ0) is 16.1. The van der Waals surface area contributed by atoms with E-state index in [2.05, 4.69) is 20.9 Å². The molecule has 0 bridgehead atoms. The topological polar surface area (TPSA) is 115 Å². The van der Waals surface area contributed by atoms with Crippen molar-refractivity contribution in [3.8, 4) is 0 Å². The molecular weight excluding hydrogens is 284 g/mol. The molecule has 1 aromatic carbocycles. The van der Waals surface area contributed by atoms with Crippen LogP contribution in [-0.2, 0) is 22.7 Å². The molecule has 1 aromatic heterocycles. The van der Waals surface area contributed by atoms with Gasteiger partial charge in [-0.3, -0.25) is 9.59 Å². The minimum Gasteiger partial charge on any atom is -0.326 e. The summed E-state index contributed by atoms with van der Waals surface area (Å²) in [6, 6.07) is 6.85. The summed E-state index contributed by atoms with van der Waals surface area (Å²) in [5, 5.41) is 13.2. The Morgan fingerprint density at radius 2 is 1.77 bits per heavy atom. The highest BCUT2D eigenvalue weighted by atomic mass is 16.2. The zero-order valence-electron chi connectivity index (χ0n) is 12.5. The van der Waals surface area contributed by atoms with E-state index in [0.29, 0.717) is 17.1 Å². The van der Waals surface area contributed by atoms with Crippen LogP contribution in [0.3, 0.4) is 0 Å². The molecule has 0 spiro atoms. The summed E-state index contributed by atoms with van der Waals surface area (Å²) in [6.45, 7) is 3.60. The van der Waals surface area contributed by atoms with Crippen molar-refractivity contribution in [1.29, 1.82) is 0 Å². The monoisotopic (exact) mass is 302 g/mol. The fourth-order valence-electron chi connectivity index (χ4n) is 1.91. The van der Waals surface area contributed by atoms with Crippen LogP contribution in [0.25, 0.3) is 0 Å². The number of aromatic nitrogens is 3. The van der Waals surface area contributed by atoms with Crippen molar-refractivity contribution >= 4 is 23.2 Å². The molecule has 0 aliphatic carbocycles. The SMILES string of the molecule is CC(=O)Nc1ccc(NC(=O)Cn2nnc(CN)c2C)cc1. The van der Waals surface area contributed by atoms with Crippen LogP contribution in [0.1, 0.15) is 18.3 Å². The molecule has 0 saturated carbocycles. The fourth-order valence-corrected chi connectivity index (χ4v) is 1.91. The third-order valence-corrected chi connectivity index (χ3v) is 3.05. The van der Waals surface area contributed by atoms with Gasteiger partial charge in [0.15, 0.2) is 0 Å². The number of benzene rings is 1. The van der Waals surface area contributed by atoms with Crippen molar-refractivity contribution in [2.75, 3.05) is 10.6 Å². The van der Waals surface area contributed by atoms with Gasteiger partial charge in [-0.05, 0) is 31.2 Å². The summed E-state index contributed by atoms with van der Waals surface area (Å²) < 4.78 is 1.50. The molecule has 0 atom stereocenters. The minimum atomic E-state index is -0.219. The minimum absolute atomic E-state index is 0.0618. The third-order valence-electron chi connectivity index (χ3n) is 3.05. The van der Waals surface area contributed by atoms with E-state index in [1.54, 1.807) is 24.3 Å². The van der Waals surface area contributed by atoms with Crippen LogP contribution in [0.15, 0.2) is 24.3 Å². The second kappa shape index (κ2) is 6.81. The number of nitrogens with two attached hydrogens (primary N) is 1. The van der Waals surface area contributed by atoms with Gasteiger partial charge in [0.2, 0.25) is 11.8 Å². The van der Waals surface area contributed by atoms with Crippen molar-refractivity contribution in [1.82, 2.24) is 15.0 Å². The molecule has 2 amide bonds. The highest BCUT2D eigenvalue weighted by Gasteiger charge is 2.10. The van der Waals surface area contributed by atoms with E-state index in [-0.39, 0.29) is 24.9 Å². The van der Waals surface area contributed by atoms with Crippen LogP contribution in [0.5, 0.6) is 0 Å². The van der Waals surface area contributed by atoms with E-state index in [1.165, 1.54) is 11.6 Å². The first-order chi connectivity index (χ1) is 10.5. The number of carbonyl (C=O) groups is 2. The van der Waals surface area contributed by atoms with E-state index in [4.69, 9.17) is 5.73 Å². The third kappa shape index (κ3) is 3.89. The second-order valence-electron chi connectivity index (χ2n) is 4.79. The van der Waals surface area contributed by atoms with E-state index >= 15 is 0 Å². The molecule has 8 heteroatoms. The first-order valence-electron chi connectivity index (χ1n) is 6.76. The molecule has 0 aliphatic rings. The van der Waals surface area contributed by atoms with Crippen LogP contribution in [0, 0.1) is 6.92 Å². The van der Waals surface area contributed by atoms with Crippen molar-refractivity contribution < 1.29 is 9.59 Å². The second-order valence-corrected chi connectivity index (χ2v) is 4.79. The van der Waals surface area contributed by atoms with Crippen LogP contribution in [-0.4, -0.2) is 26.8 Å². The number of rotatable bonds is 5. The molecule has 4 N–H and O–H groups in total. The van der Waals surface area contributed by atoms with Gasteiger partial charge in [0.05, 0.1) is 11.4 Å². The Balaban J connectivity index is 1.96. The molecule has 0 radical (unpaired) electrons. The molecule has 0 unspecified atom stereocenters. The largest absolute Gasteiger partial charge is 0.326 e. The number of nitrogens with one attached hydrogen (secondary N) is 2. The van der Waals surface area contributed by atoms with Crippen LogP contribution in [0.2, 0.25) is 0 Å². The summed E-state index contributed by atoms with van der Waals surface area (Å²) in [4.78, 5) is 22.9. The maximum atomic E-state index is 12.0. The number of carbonyl (C=O) groups excluding carboxylic acids is 2. The maximum absolute atomic E-state index is 12.0. The molecule has 8 nitrogen and oxygen atoms in total. The molecule has 0 saturated heterocycles. The van der Waals surface area contributed by atoms with Crippen molar-refractivity contribution in [2.45, 2.75) is 26.9 Å². The van der Waals surface area contributed by atoms with Gasteiger partial charge in [0.25, 0.3) is 0 Å². The Hall–Kier alpha value is -2.74. The lowest BCUT2D eigenvalue weighted by molar-refractivity contribution is -0.117. The van der Waals surface area contributed by atoms with E-state index in [1.807, 2.05) is 6.92 Å². The predicted molar refractivity (Wildman–Crippen MR) is 82.0 cm³/mol. The highest BCUT2D eigenvalue weighted by molar-refractivity contribution is 5.92. The Morgan fingerprint density at radius 3 is 2.27 bits per heavy atom. The first-order valence-corrected chi connectivity index (χ1v) is 6.76. The standard InChI is InChI=1S/C14H18N6O2/c1-9-13(7-15)18-19-20(9)8-14(22)17-12-5-3-11(4-6-12)16-10(2)21/h3-6H,7-8,15H2,1-2H3,(H,16,21)(H,17,22). The lowest BCUT2D eigenvalue weighted by Crippen LogP contribution is -2.20. The Bertz CT molecular complexity index is 677. The highest BCUT2D eigenvalue weighted by Crippen LogP contribution is 2.13. The zero-order valence-corrected chi connectivity index (χ0v) is 12.5. The van der Waals surface area contributed by atoms with Gasteiger partial charge in [-0.25, -0.2) is 4.68 Å². The summed E-state index contributed by atoms with van der Waals surface area (Å²) >= 11 is 0. The van der Waals surface area contributed by atoms with Gasteiger partial charge < -0.3 is 16.4 Å². The molecule has 0 aliphatic heterocycles. The molecular formula is C14H18N6O2. The van der Waals surface area contributed by atoms with Gasteiger partial charge in [0, 0.05) is 24.8 Å².